The maximum Gasteiger partial charge on any atom is 0.167 e. The van der Waals surface area contributed by atoms with E-state index < -0.39 is 6.10 Å². The van der Waals surface area contributed by atoms with Crippen molar-refractivity contribution in [3.63, 3.8) is 0 Å². The lowest BCUT2D eigenvalue weighted by Crippen LogP contribution is -2.26. The van der Waals surface area contributed by atoms with Gasteiger partial charge in [0.15, 0.2) is 11.6 Å². The average Bonchev–Trinajstić information content (AvgIpc) is 2.60. The van der Waals surface area contributed by atoms with Gasteiger partial charge in [-0.3, -0.25) is 0 Å². The van der Waals surface area contributed by atoms with E-state index in [1.165, 1.54) is 0 Å². The highest BCUT2D eigenvalue weighted by molar-refractivity contribution is 5.30. The van der Waals surface area contributed by atoms with E-state index in [0.29, 0.717) is 5.56 Å². The van der Waals surface area contributed by atoms with Crippen molar-refractivity contribution < 1.29 is 14.2 Å². The van der Waals surface area contributed by atoms with Crippen molar-refractivity contribution in [3.05, 3.63) is 29.6 Å². The zero-order chi connectivity index (χ0) is 10.8. The van der Waals surface area contributed by atoms with Crippen LogP contribution in [0.1, 0.15) is 24.8 Å². The molecule has 1 aliphatic rings. The van der Waals surface area contributed by atoms with Gasteiger partial charge in [-0.15, -0.1) is 0 Å². The standard InChI is InChI=1S/C12H15FO2/c1-8-4-2-7-11(12(8)13)15-10-6-3-5-9(10)14/h2,4,7,9-10,14H,3,5-6H2,1H3. The third-order valence-corrected chi connectivity index (χ3v) is 2.85. The number of aryl methyl sites for hydroxylation is 1. The Balaban J connectivity index is 2.13. The number of ether oxygens (including phenoxy) is 1. The molecule has 0 amide bonds. The average molecular weight is 210 g/mol. The highest BCUT2D eigenvalue weighted by atomic mass is 19.1. The van der Waals surface area contributed by atoms with Gasteiger partial charge in [-0.25, -0.2) is 4.39 Å². The summed E-state index contributed by atoms with van der Waals surface area (Å²) in [7, 11) is 0. The molecular weight excluding hydrogens is 195 g/mol. The van der Waals surface area contributed by atoms with E-state index in [9.17, 15) is 9.50 Å². The Hall–Kier alpha value is -1.09. The molecule has 0 heterocycles. The summed E-state index contributed by atoms with van der Waals surface area (Å²) < 4.78 is 19.0. The Kier molecular flexibility index (Phi) is 2.91. The molecule has 0 bridgehead atoms. The van der Waals surface area contributed by atoms with Crippen LogP contribution < -0.4 is 4.74 Å². The third-order valence-electron chi connectivity index (χ3n) is 2.85. The molecular formula is C12H15FO2. The number of rotatable bonds is 2. The lowest BCUT2D eigenvalue weighted by atomic mass is 10.2. The van der Waals surface area contributed by atoms with E-state index in [1.54, 1.807) is 25.1 Å². The van der Waals surface area contributed by atoms with Crippen molar-refractivity contribution in [1.29, 1.82) is 0 Å². The molecule has 1 aromatic rings. The van der Waals surface area contributed by atoms with Crippen LogP contribution in [-0.4, -0.2) is 17.3 Å². The van der Waals surface area contributed by atoms with E-state index in [1.807, 2.05) is 0 Å². The lowest BCUT2D eigenvalue weighted by Gasteiger charge is -2.17. The predicted molar refractivity (Wildman–Crippen MR) is 55.4 cm³/mol. The normalized spacial score (nSPS) is 25.5. The highest BCUT2D eigenvalue weighted by Gasteiger charge is 2.27. The van der Waals surface area contributed by atoms with E-state index in [0.717, 1.165) is 19.3 Å². The summed E-state index contributed by atoms with van der Waals surface area (Å²) in [6, 6.07) is 5.07. The van der Waals surface area contributed by atoms with Gasteiger partial charge in [-0.1, -0.05) is 12.1 Å². The number of hydrogen-bond acceptors (Lipinski definition) is 2. The third kappa shape index (κ3) is 2.12. The van der Waals surface area contributed by atoms with Crippen LogP contribution in [0.2, 0.25) is 0 Å². The molecule has 2 atom stereocenters. The fraction of sp³-hybridized carbons (Fsp3) is 0.500. The zero-order valence-electron chi connectivity index (χ0n) is 8.74. The maximum atomic E-state index is 13.6. The first kappa shape index (κ1) is 10.4. The molecule has 0 aliphatic heterocycles. The minimum atomic E-state index is -0.454. The van der Waals surface area contributed by atoms with Crippen LogP contribution in [0.3, 0.4) is 0 Å². The fourth-order valence-electron chi connectivity index (χ4n) is 1.92. The zero-order valence-corrected chi connectivity index (χ0v) is 8.74. The highest BCUT2D eigenvalue weighted by Crippen LogP contribution is 2.27. The molecule has 2 unspecified atom stereocenters. The molecule has 2 rings (SSSR count). The van der Waals surface area contributed by atoms with E-state index in [2.05, 4.69) is 0 Å². The van der Waals surface area contributed by atoms with Crippen molar-refractivity contribution in [2.24, 2.45) is 0 Å². The van der Waals surface area contributed by atoms with Crippen molar-refractivity contribution >= 4 is 0 Å². The molecule has 0 radical (unpaired) electrons. The summed E-state index contributed by atoms with van der Waals surface area (Å²) in [5, 5.41) is 9.56. The Morgan fingerprint density at radius 2 is 2.20 bits per heavy atom. The van der Waals surface area contributed by atoms with Crippen LogP contribution in [0.4, 0.5) is 4.39 Å². The second-order valence-corrected chi connectivity index (χ2v) is 4.04. The van der Waals surface area contributed by atoms with Gasteiger partial charge in [0.05, 0.1) is 6.10 Å². The predicted octanol–water partition coefficient (Wildman–Crippen LogP) is 2.43. The number of halogens is 1. The summed E-state index contributed by atoms with van der Waals surface area (Å²) in [6.07, 6.45) is 1.79. The Labute approximate surface area is 88.7 Å². The minimum Gasteiger partial charge on any atom is -0.485 e. The van der Waals surface area contributed by atoms with Crippen molar-refractivity contribution in [2.45, 2.75) is 38.4 Å². The Bertz CT molecular complexity index is 351. The molecule has 1 aromatic carbocycles. The second kappa shape index (κ2) is 4.19. The summed E-state index contributed by atoms with van der Waals surface area (Å²) in [4.78, 5) is 0. The fourth-order valence-corrected chi connectivity index (χ4v) is 1.92. The molecule has 1 fully saturated rings. The quantitative estimate of drug-likeness (QED) is 0.812. The molecule has 0 saturated heterocycles. The monoisotopic (exact) mass is 210 g/mol. The summed E-state index contributed by atoms with van der Waals surface area (Å²) in [5.74, 6) is -0.0717. The maximum absolute atomic E-state index is 13.6. The molecule has 2 nitrogen and oxygen atoms in total. The molecule has 82 valence electrons. The largest absolute Gasteiger partial charge is 0.485 e. The molecule has 1 aliphatic carbocycles. The topological polar surface area (TPSA) is 29.5 Å². The Morgan fingerprint density at radius 1 is 1.40 bits per heavy atom. The van der Waals surface area contributed by atoms with Gasteiger partial charge in [0.1, 0.15) is 6.10 Å². The molecule has 1 saturated carbocycles. The first-order valence-corrected chi connectivity index (χ1v) is 5.28. The summed E-state index contributed by atoms with van der Waals surface area (Å²) in [6.45, 7) is 1.70. The smallest absolute Gasteiger partial charge is 0.167 e. The molecule has 0 aromatic heterocycles. The van der Waals surface area contributed by atoms with Crippen molar-refractivity contribution in [3.8, 4) is 5.75 Å². The summed E-state index contributed by atoms with van der Waals surface area (Å²) in [5.41, 5.74) is 0.569. The molecule has 15 heavy (non-hydrogen) atoms. The van der Waals surface area contributed by atoms with Gasteiger partial charge in [0.2, 0.25) is 0 Å². The molecule has 3 heteroatoms. The molecule has 1 N–H and O–H groups in total. The van der Waals surface area contributed by atoms with Crippen molar-refractivity contribution in [1.82, 2.24) is 0 Å². The van der Waals surface area contributed by atoms with Crippen LogP contribution in [0.5, 0.6) is 5.75 Å². The van der Waals surface area contributed by atoms with Crippen LogP contribution in [-0.2, 0) is 0 Å². The SMILES string of the molecule is Cc1cccc(OC2CCCC2O)c1F. The summed E-state index contributed by atoms with van der Waals surface area (Å²) >= 11 is 0. The number of benzene rings is 1. The van der Waals surface area contributed by atoms with Gasteiger partial charge in [-0.05, 0) is 37.8 Å². The second-order valence-electron chi connectivity index (χ2n) is 4.04. The minimum absolute atomic E-state index is 0.249. The van der Waals surface area contributed by atoms with Crippen LogP contribution in [0.25, 0.3) is 0 Å². The van der Waals surface area contributed by atoms with Gasteiger partial charge < -0.3 is 9.84 Å². The first-order valence-electron chi connectivity index (χ1n) is 5.28. The van der Waals surface area contributed by atoms with Crippen LogP contribution >= 0.6 is 0 Å². The first-order chi connectivity index (χ1) is 7.18. The number of aliphatic hydroxyl groups excluding tert-OH is 1. The van der Waals surface area contributed by atoms with Gasteiger partial charge in [0.25, 0.3) is 0 Å². The van der Waals surface area contributed by atoms with Crippen LogP contribution in [0, 0.1) is 12.7 Å². The van der Waals surface area contributed by atoms with Crippen LogP contribution in [0.15, 0.2) is 18.2 Å². The lowest BCUT2D eigenvalue weighted by molar-refractivity contribution is 0.0578. The van der Waals surface area contributed by atoms with E-state index >= 15 is 0 Å². The number of hydrogen-bond donors (Lipinski definition) is 1. The van der Waals surface area contributed by atoms with Gasteiger partial charge in [-0.2, -0.15) is 0 Å². The molecule has 0 spiro atoms. The van der Waals surface area contributed by atoms with Crippen molar-refractivity contribution in [2.75, 3.05) is 0 Å². The van der Waals surface area contributed by atoms with E-state index in [4.69, 9.17) is 4.74 Å². The van der Waals surface area contributed by atoms with Gasteiger partial charge >= 0.3 is 0 Å². The van der Waals surface area contributed by atoms with Gasteiger partial charge in [0, 0.05) is 0 Å². The Morgan fingerprint density at radius 3 is 2.87 bits per heavy atom. The number of aliphatic hydroxyl groups is 1. The van der Waals surface area contributed by atoms with E-state index in [-0.39, 0.29) is 17.7 Å².